The van der Waals surface area contributed by atoms with Crippen molar-refractivity contribution in [1.29, 1.82) is 0 Å². The van der Waals surface area contributed by atoms with Crippen LogP contribution in [0.2, 0.25) is 0 Å². The molecule has 0 aromatic heterocycles. The topological polar surface area (TPSA) is 61.5 Å². The molecular formula is C15H25N3O. The van der Waals surface area contributed by atoms with Crippen LogP contribution in [0.5, 0.6) is 0 Å². The molecule has 0 aliphatic carbocycles. The number of nitrogens with two attached hydrogens (primary N) is 1. The molecule has 1 aromatic carbocycles. The normalized spacial score (nSPS) is 12.5. The second-order valence-corrected chi connectivity index (χ2v) is 4.98. The lowest BCUT2D eigenvalue weighted by Crippen LogP contribution is -2.32. The zero-order valence-electron chi connectivity index (χ0n) is 11.9. The van der Waals surface area contributed by atoms with E-state index in [0.717, 1.165) is 29.8 Å². The first-order chi connectivity index (χ1) is 9.02. The van der Waals surface area contributed by atoms with Gasteiger partial charge in [-0.3, -0.25) is 10.9 Å². The van der Waals surface area contributed by atoms with Crippen molar-refractivity contribution in [1.82, 2.24) is 5.01 Å². The van der Waals surface area contributed by atoms with Crippen molar-refractivity contribution < 1.29 is 5.11 Å². The van der Waals surface area contributed by atoms with E-state index in [2.05, 4.69) is 11.9 Å². The second kappa shape index (κ2) is 7.94. The number of aliphatic hydroxyl groups is 1. The lowest BCUT2D eigenvalue weighted by atomic mass is 10.1. The quantitative estimate of drug-likeness (QED) is 0.380. The largest absolute Gasteiger partial charge is 0.396 e. The highest BCUT2D eigenvalue weighted by Gasteiger charge is 2.09. The smallest absolute Gasteiger partial charge is 0.0481 e. The van der Waals surface area contributed by atoms with Crippen molar-refractivity contribution >= 4 is 5.69 Å². The van der Waals surface area contributed by atoms with E-state index < -0.39 is 0 Å². The monoisotopic (exact) mass is 263 g/mol. The van der Waals surface area contributed by atoms with Crippen molar-refractivity contribution in [3.63, 3.8) is 0 Å². The number of hydrogen-bond donors (Lipinski definition) is 3. The SMILES string of the molecule is C=C(C)C(CCN(C)N)Nc1ccc(CCO)cc1. The molecule has 0 amide bonds. The number of benzene rings is 1. The molecule has 0 saturated heterocycles. The fourth-order valence-electron chi connectivity index (χ4n) is 1.87. The molecule has 4 N–H and O–H groups in total. The average molecular weight is 263 g/mol. The highest BCUT2D eigenvalue weighted by Crippen LogP contribution is 2.15. The lowest BCUT2D eigenvalue weighted by Gasteiger charge is -2.22. The van der Waals surface area contributed by atoms with Gasteiger partial charge in [0.05, 0.1) is 0 Å². The standard InChI is InChI=1S/C15H25N3O/c1-12(2)15(8-10-18(3)16)17-14-6-4-13(5-7-14)9-11-19/h4-7,15,17,19H,1,8-11,16H2,2-3H3. The van der Waals surface area contributed by atoms with Crippen LogP contribution in [0.25, 0.3) is 0 Å². The predicted octanol–water partition coefficient (Wildman–Crippen LogP) is 1.77. The Balaban J connectivity index is 2.60. The summed E-state index contributed by atoms with van der Waals surface area (Å²) in [6, 6.07) is 8.35. The number of aliphatic hydroxyl groups excluding tert-OH is 1. The van der Waals surface area contributed by atoms with Crippen LogP contribution in [0.1, 0.15) is 18.9 Å². The first kappa shape index (κ1) is 15.7. The van der Waals surface area contributed by atoms with E-state index in [1.54, 1.807) is 5.01 Å². The van der Waals surface area contributed by atoms with Crippen LogP contribution < -0.4 is 11.2 Å². The summed E-state index contributed by atoms with van der Waals surface area (Å²) in [5.74, 6) is 5.64. The van der Waals surface area contributed by atoms with Gasteiger partial charge < -0.3 is 10.4 Å². The van der Waals surface area contributed by atoms with E-state index in [-0.39, 0.29) is 12.6 Å². The molecule has 106 valence electrons. The molecular weight excluding hydrogens is 238 g/mol. The molecule has 4 nitrogen and oxygen atoms in total. The molecule has 0 saturated carbocycles. The third-order valence-electron chi connectivity index (χ3n) is 3.06. The summed E-state index contributed by atoms with van der Waals surface area (Å²) in [7, 11) is 1.86. The summed E-state index contributed by atoms with van der Waals surface area (Å²) >= 11 is 0. The Hall–Kier alpha value is -1.36. The van der Waals surface area contributed by atoms with E-state index >= 15 is 0 Å². The number of nitrogens with one attached hydrogen (secondary N) is 1. The van der Waals surface area contributed by atoms with Crippen molar-refractivity contribution in [2.45, 2.75) is 25.8 Å². The predicted molar refractivity (Wildman–Crippen MR) is 80.9 cm³/mol. The van der Waals surface area contributed by atoms with Gasteiger partial charge in [-0.25, -0.2) is 0 Å². The number of hydrazine groups is 1. The molecule has 1 unspecified atom stereocenters. The highest BCUT2D eigenvalue weighted by molar-refractivity contribution is 5.47. The minimum absolute atomic E-state index is 0.185. The van der Waals surface area contributed by atoms with Gasteiger partial charge >= 0.3 is 0 Å². The van der Waals surface area contributed by atoms with Gasteiger partial charge in [0.2, 0.25) is 0 Å². The summed E-state index contributed by atoms with van der Waals surface area (Å²) in [5.41, 5.74) is 3.30. The Morgan fingerprint density at radius 1 is 1.42 bits per heavy atom. The Morgan fingerprint density at radius 3 is 2.53 bits per heavy atom. The third-order valence-corrected chi connectivity index (χ3v) is 3.06. The van der Waals surface area contributed by atoms with Crippen molar-refractivity contribution in [3.8, 4) is 0 Å². The minimum atomic E-state index is 0.185. The second-order valence-electron chi connectivity index (χ2n) is 4.98. The van der Waals surface area contributed by atoms with Gasteiger partial charge in [0, 0.05) is 31.9 Å². The molecule has 0 aliphatic heterocycles. The maximum Gasteiger partial charge on any atom is 0.0481 e. The zero-order valence-corrected chi connectivity index (χ0v) is 11.9. The van der Waals surface area contributed by atoms with E-state index in [0.29, 0.717) is 6.42 Å². The summed E-state index contributed by atoms with van der Waals surface area (Å²) in [6.07, 6.45) is 1.61. The van der Waals surface area contributed by atoms with Gasteiger partial charge in [-0.2, -0.15) is 0 Å². The number of rotatable bonds is 8. The van der Waals surface area contributed by atoms with Crippen LogP contribution in [-0.4, -0.2) is 36.4 Å². The van der Waals surface area contributed by atoms with Crippen LogP contribution in [-0.2, 0) is 6.42 Å². The van der Waals surface area contributed by atoms with Crippen molar-refractivity contribution in [3.05, 3.63) is 42.0 Å². The fourth-order valence-corrected chi connectivity index (χ4v) is 1.87. The number of anilines is 1. The van der Waals surface area contributed by atoms with Crippen LogP contribution in [0.4, 0.5) is 5.69 Å². The molecule has 0 heterocycles. The van der Waals surface area contributed by atoms with E-state index in [1.165, 1.54) is 0 Å². The Labute approximate surface area is 115 Å². The molecule has 1 atom stereocenters. The summed E-state index contributed by atoms with van der Waals surface area (Å²) in [5, 5.41) is 14.0. The van der Waals surface area contributed by atoms with E-state index in [1.807, 2.05) is 38.2 Å². The zero-order chi connectivity index (χ0) is 14.3. The molecule has 0 spiro atoms. The fraction of sp³-hybridized carbons (Fsp3) is 0.467. The van der Waals surface area contributed by atoms with Crippen LogP contribution in [0.15, 0.2) is 36.4 Å². The molecule has 1 aromatic rings. The Morgan fingerprint density at radius 2 is 2.05 bits per heavy atom. The van der Waals surface area contributed by atoms with Crippen molar-refractivity contribution in [2.75, 3.05) is 25.5 Å². The molecule has 19 heavy (non-hydrogen) atoms. The van der Waals surface area contributed by atoms with Gasteiger partial charge in [0.25, 0.3) is 0 Å². The summed E-state index contributed by atoms with van der Waals surface area (Å²) in [4.78, 5) is 0. The average Bonchev–Trinajstić information content (AvgIpc) is 2.36. The Kier molecular flexibility index (Phi) is 6.56. The van der Waals surface area contributed by atoms with Crippen LogP contribution >= 0.6 is 0 Å². The molecule has 0 aliphatic rings. The maximum atomic E-state index is 8.89. The van der Waals surface area contributed by atoms with Crippen molar-refractivity contribution in [2.24, 2.45) is 5.84 Å². The first-order valence-corrected chi connectivity index (χ1v) is 6.60. The maximum absolute atomic E-state index is 8.89. The molecule has 0 fully saturated rings. The van der Waals surface area contributed by atoms with Gasteiger partial charge in [-0.1, -0.05) is 24.3 Å². The van der Waals surface area contributed by atoms with Crippen LogP contribution in [0.3, 0.4) is 0 Å². The van der Waals surface area contributed by atoms with Gasteiger partial charge in [-0.15, -0.1) is 0 Å². The first-order valence-electron chi connectivity index (χ1n) is 6.60. The lowest BCUT2D eigenvalue weighted by molar-refractivity contribution is 0.299. The highest BCUT2D eigenvalue weighted by atomic mass is 16.2. The van der Waals surface area contributed by atoms with Crippen LogP contribution in [0, 0.1) is 0 Å². The summed E-state index contributed by atoms with van der Waals surface area (Å²) in [6.45, 7) is 7.04. The minimum Gasteiger partial charge on any atom is -0.396 e. The third kappa shape index (κ3) is 5.87. The number of hydrogen-bond acceptors (Lipinski definition) is 4. The molecule has 4 heteroatoms. The Bertz CT molecular complexity index is 387. The van der Waals surface area contributed by atoms with Gasteiger partial charge in [0.15, 0.2) is 0 Å². The number of nitrogens with zero attached hydrogens (tertiary/aromatic N) is 1. The van der Waals surface area contributed by atoms with E-state index in [4.69, 9.17) is 10.9 Å². The van der Waals surface area contributed by atoms with Gasteiger partial charge in [-0.05, 0) is 37.5 Å². The summed E-state index contributed by atoms with van der Waals surface area (Å²) < 4.78 is 0. The van der Waals surface area contributed by atoms with E-state index in [9.17, 15) is 0 Å². The molecule has 0 radical (unpaired) electrons. The van der Waals surface area contributed by atoms with Gasteiger partial charge in [0.1, 0.15) is 0 Å². The molecule has 0 bridgehead atoms. The molecule has 1 rings (SSSR count).